The van der Waals surface area contributed by atoms with Crippen LogP contribution in [-0.2, 0) is 0 Å². The molecule has 1 aromatic heterocycles. The van der Waals surface area contributed by atoms with Gasteiger partial charge < -0.3 is 9.63 Å². The molecule has 0 aliphatic rings. The second-order valence-corrected chi connectivity index (χ2v) is 4.98. The molecule has 0 atom stereocenters. The van der Waals surface area contributed by atoms with Gasteiger partial charge >= 0.3 is 0 Å². The Hall–Kier alpha value is -2.04. The molecule has 0 aliphatic carbocycles. The molecule has 1 heterocycles. The second kappa shape index (κ2) is 5.15. The summed E-state index contributed by atoms with van der Waals surface area (Å²) in [5.41, 5.74) is 1.70. The molecule has 0 saturated heterocycles. The Morgan fingerprint density at radius 3 is 2.05 bits per heavy atom. The molecule has 20 heavy (non-hydrogen) atoms. The van der Waals surface area contributed by atoms with E-state index >= 15 is 0 Å². The van der Waals surface area contributed by atoms with Crippen LogP contribution in [0.15, 0.2) is 53.1 Å². The zero-order valence-corrected chi connectivity index (χ0v) is 11.6. The average Bonchev–Trinajstić information content (AvgIpc) is 2.83. The van der Waals surface area contributed by atoms with Crippen molar-refractivity contribution in [1.82, 2.24) is 5.27 Å². The monoisotopic (exact) mass is 306 g/mol. The Kier molecular flexibility index (Phi) is 3.34. The summed E-state index contributed by atoms with van der Waals surface area (Å²) in [6.45, 7) is 0. The summed E-state index contributed by atoms with van der Waals surface area (Å²) in [7, 11) is 0. The highest BCUT2D eigenvalue weighted by atomic mass is 35.5. The summed E-state index contributed by atoms with van der Waals surface area (Å²) < 4.78 is 6.19. The molecule has 3 aromatic rings. The van der Waals surface area contributed by atoms with Gasteiger partial charge in [0, 0.05) is 22.2 Å². The van der Waals surface area contributed by atoms with Crippen molar-refractivity contribution in [1.29, 1.82) is 0 Å². The highest BCUT2D eigenvalue weighted by Crippen LogP contribution is 2.25. The fourth-order valence-corrected chi connectivity index (χ4v) is 2.11. The van der Waals surface area contributed by atoms with E-state index in [9.17, 15) is 5.11 Å². The number of rotatable bonds is 2. The van der Waals surface area contributed by atoms with E-state index in [0.29, 0.717) is 27.0 Å². The van der Waals surface area contributed by atoms with Crippen molar-refractivity contribution < 1.29 is 14.3 Å². The van der Waals surface area contributed by atoms with E-state index in [1.807, 2.05) is 0 Å². The summed E-state index contributed by atoms with van der Waals surface area (Å²) in [5, 5.41) is 16.8. The fourth-order valence-electron chi connectivity index (χ4n) is 1.85. The van der Waals surface area contributed by atoms with Crippen molar-refractivity contribution in [3.8, 4) is 22.9 Å². The van der Waals surface area contributed by atoms with Crippen molar-refractivity contribution in [2.75, 3.05) is 0 Å². The number of hydrogen-bond acceptors (Lipinski definition) is 3. The van der Waals surface area contributed by atoms with Crippen LogP contribution in [0.3, 0.4) is 0 Å². The van der Waals surface area contributed by atoms with Crippen LogP contribution in [0, 0.1) is 0 Å². The third-order valence-corrected chi connectivity index (χ3v) is 3.30. The maximum atomic E-state index is 11.9. The van der Waals surface area contributed by atoms with Gasteiger partial charge in [-0.15, -0.1) is 0 Å². The van der Waals surface area contributed by atoms with Crippen LogP contribution >= 0.6 is 23.2 Å². The molecule has 0 amide bonds. The first-order chi connectivity index (χ1) is 9.65. The summed E-state index contributed by atoms with van der Waals surface area (Å²) in [5.74, 6) is -0.512. The molecule has 0 aliphatic heterocycles. The normalized spacial score (nSPS) is 10.7. The summed E-state index contributed by atoms with van der Waals surface area (Å²) in [4.78, 5) is 0. The van der Waals surface area contributed by atoms with Gasteiger partial charge in [0.05, 0.1) is 10.8 Å². The summed E-state index contributed by atoms with van der Waals surface area (Å²) >= 11 is 11.7. The first kappa shape index (κ1) is 13.0. The van der Waals surface area contributed by atoms with Gasteiger partial charge in [0.2, 0.25) is 5.69 Å². The lowest BCUT2D eigenvalue weighted by Crippen LogP contribution is -2.34. The minimum Gasteiger partial charge on any atom is -0.539 e. The smallest absolute Gasteiger partial charge is 0.270 e. The molecule has 0 bridgehead atoms. The lowest BCUT2D eigenvalue weighted by atomic mass is 10.1. The van der Waals surface area contributed by atoms with Gasteiger partial charge in [-0.1, -0.05) is 23.2 Å². The number of nitrogens with zero attached hydrogens (tertiary/aromatic N) is 2. The first-order valence-electron chi connectivity index (χ1n) is 5.76. The molecule has 100 valence electrons. The van der Waals surface area contributed by atoms with Crippen LogP contribution in [0.1, 0.15) is 0 Å². The molecule has 0 saturated carbocycles. The van der Waals surface area contributed by atoms with Crippen molar-refractivity contribution in [3.05, 3.63) is 58.6 Å². The van der Waals surface area contributed by atoms with Crippen molar-refractivity contribution in [2.45, 2.75) is 0 Å². The van der Waals surface area contributed by atoms with Gasteiger partial charge in [0.1, 0.15) is 0 Å². The lowest BCUT2D eigenvalue weighted by Gasteiger charge is -1.99. The third kappa shape index (κ3) is 2.35. The fraction of sp³-hybridized carbons (Fsp3) is 0. The van der Waals surface area contributed by atoms with Gasteiger partial charge in [-0.3, -0.25) is 0 Å². The van der Waals surface area contributed by atoms with E-state index in [1.54, 1.807) is 48.5 Å². The quantitative estimate of drug-likeness (QED) is 0.684. The number of benzene rings is 2. The van der Waals surface area contributed by atoms with E-state index in [2.05, 4.69) is 5.27 Å². The standard InChI is InChI=1S/C14H8Cl2N2O2/c15-10-3-1-9(2-4-10)13-14(19)20-17-18(13)12-7-5-11(16)6-8-12/h1-8H. The minimum atomic E-state index is -0.512. The Balaban J connectivity index is 2.14. The van der Waals surface area contributed by atoms with Gasteiger partial charge in [-0.05, 0) is 41.1 Å². The van der Waals surface area contributed by atoms with E-state index in [-0.39, 0.29) is 0 Å². The van der Waals surface area contributed by atoms with Crippen molar-refractivity contribution >= 4 is 23.2 Å². The Labute approximate surface area is 124 Å². The van der Waals surface area contributed by atoms with Gasteiger partial charge in [-0.25, -0.2) is 0 Å². The van der Waals surface area contributed by atoms with E-state index < -0.39 is 5.95 Å². The molecule has 6 heteroatoms. The first-order valence-corrected chi connectivity index (χ1v) is 6.51. The molecule has 0 N–H and O–H groups in total. The van der Waals surface area contributed by atoms with Crippen LogP contribution in [0.4, 0.5) is 0 Å². The molecule has 2 aromatic carbocycles. The summed E-state index contributed by atoms with van der Waals surface area (Å²) in [6.07, 6.45) is 0. The largest absolute Gasteiger partial charge is 0.539 e. The Morgan fingerprint density at radius 2 is 1.45 bits per heavy atom. The van der Waals surface area contributed by atoms with E-state index in [0.717, 1.165) is 0 Å². The van der Waals surface area contributed by atoms with E-state index in [4.69, 9.17) is 27.7 Å². The van der Waals surface area contributed by atoms with Gasteiger partial charge in [-0.2, -0.15) is 0 Å². The Morgan fingerprint density at radius 1 is 0.900 bits per heavy atom. The molecule has 0 spiro atoms. The van der Waals surface area contributed by atoms with Crippen molar-refractivity contribution in [3.63, 3.8) is 0 Å². The average molecular weight is 307 g/mol. The summed E-state index contributed by atoms with van der Waals surface area (Å²) in [6, 6.07) is 13.8. The zero-order valence-electron chi connectivity index (χ0n) is 10.1. The van der Waals surface area contributed by atoms with Gasteiger partial charge in [0.15, 0.2) is 5.95 Å². The molecule has 0 radical (unpaired) electrons. The second-order valence-electron chi connectivity index (χ2n) is 4.10. The van der Waals surface area contributed by atoms with Crippen LogP contribution < -0.4 is 9.79 Å². The topological polar surface area (TPSA) is 53.0 Å². The van der Waals surface area contributed by atoms with Crippen LogP contribution in [-0.4, -0.2) is 5.27 Å². The van der Waals surface area contributed by atoms with E-state index in [1.165, 1.54) is 4.68 Å². The zero-order chi connectivity index (χ0) is 14.1. The minimum absolute atomic E-state index is 0.337. The van der Waals surface area contributed by atoms with Gasteiger partial charge in [0.25, 0.3) is 5.69 Å². The molecule has 3 rings (SSSR count). The Bertz CT molecular complexity index is 737. The SMILES string of the molecule is [O-]c1on[n+](-c2ccc(Cl)cc2)c1-c1ccc(Cl)cc1. The molecular weight excluding hydrogens is 299 g/mol. The predicted molar refractivity (Wildman–Crippen MR) is 72.9 cm³/mol. The van der Waals surface area contributed by atoms with Crippen LogP contribution in [0.5, 0.6) is 5.95 Å². The molecule has 0 unspecified atom stereocenters. The molecular formula is C14H8Cl2N2O2. The van der Waals surface area contributed by atoms with Crippen LogP contribution in [0.25, 0.3) is 16.9 Å². The van der Waals surface area contributed by atoms with Crippen molar-refractivity contribution in [2.24, 2.45) is 0 Å². The van der Waals surface area contributed by atoms with Crippen LogP contribution in [0.2, 0.25) is 10.0 Å². The number of aromatic nitrogens is 2. The highest BCUT2D eigenvalue weighted by molar-refractivity contribution is 6.30. The highest BCUT2D eigenvalue weighted by Gasteiger charge is 2.22. The number of hydrogen-bond donors (Lipinski definition) is 0. The maximum Gasteiger partial charge on any atom is 0.270 e. The maximum absolute atomic E-state index is 11.9. The molecule has 4 nitrogen and oxygen atoms in total. The lowest BCUT2D eigenvalue weighted by molar-refractivity contribution is -0.660. The third-order valence-electron chi connectivity index (χ3n) is 2.80. The molecule has 0 fully saturated rings. The number of halogens is 2. The predicted octanol–water partition coefficient (Wildman–Crippen LogP) is 3.00.